The van der Waals surface area contributed by atoms with Gasteiger partial charge in [-0.3, -0.25) is 14.4 Å². The lowest BCUT2D eigenvalue weighted by atomic mass is 9.98. The summed E-state index contributed by atoms with van der Waals surface area (Å²) >= 11 is 0. The molecule has 2 fully saturated rings. The van der Waals surface area contributed by atoms with Crippen molar-refractivity contribution >= 4 is 17.9 Å². The zero-order valence-electron chi connectivity index (χ0n) is 20.0. The molecule has 2 heterocycles. The molecule has 0 amide bonds. The third-order valence-electron chi connectivity index (χ3n) is 5.61. The Morgan fingerprint density at radius 2 is 1.42 bits per heavy atom. The smallest absolute Gasteiger partial charge is 0.309 e. The molecular weight excluding hydrogens is 432 g/mol. The molecule has 2 aliphatic rings. The van der Waals surface area contributed by atoms with Gasteiger partial charge in [-0.1, -0.05) is 0 Å². The summed E-state index contributed by atoms with van der Waals surface area (Å²) in [6, 6.07) is 0. The molecule has 190 valence electrons. The molecule has 1 N–H and O–H groups in total. The summed E-state index contributed by atoms with van der Waals surface area (Å²) in [5.74, 6) is -1.25. The van der Waals surface area contributed by atoms with E-state index in [9.17, 15) is 14.4 Å². The lowest BCUT2D eigenvalue weighted by Crippen LogP contribution is -2.23. The first-order valence-electron chi connectivity index (χ1n) is 12.3. The molecule has 0 aromatic heterocycles. The topological polar surface area (TPSA) is 124 Å². The van der Waals surface area contributed by atoms with Crippen molar-refractivity contribution < 1.29 is 43.2 Å². The quantitative estimate of drug-likeness (QED) is 0.131. The molecule has 0 bridgehead atoms. The minimum absolute atomic E-state index is 0.0506. The van der Waals surface area contributed by atoms with E-state index in [1.807, 2.05) is 13.8 Å². The van der Waals surface area contributed by atoms with E-state index >= 15 is 0 Å². The first-order valence-corrected chi connectivity index (χ1v) is 12.3. The van der Waals surface area contributed by atoms with Gasteiger partial charge >= 0.3 is 17.9 Å². The van der Waals surface area contributed by atoms with Crippen molar-refractivity contribution in [3.05, 3.63) is 0 Å². The van der Waals surface area contributed by atoms with Crippen LogP contribution in [0.4, 0.5) is 0 Å². The van der Waals surface area contributed by atoms with E-state index in [1.54, 1.807) is 0 Å². The minimum atomic E-state index is -0.292. The average Bonchev–Trinajstić information content (AvgIpc) is 3.68. The van der Waals surface area contributed by atoms with Crippen LogP contribution in [0.15, 0.2) is 0 Å². The molecule has 0 spiro atoms. The Balaban J connectivity index is 1.51. The highest BCUT2D eigenvalue weighted by Crippen LogP contribution is 2.25. The number of rotatable bonds is 19. The number of ether oxygens (including phenoxy) is 5. The SMILES string of the molecule is CC(C)OC(=O)C(CCCOC(=O)CCCCOC(=O)C(CCCO)CC1CO1)CC1CO1. The normalized spacial score (nSPS) is 20.7. The largest absolute Gasteiger partial charge is 0.466 e. The summed E-state index contributed by atoms with van der Waals surface area (Å²) in [6.07, 6.45) is 5.14. The molecule has 9 heteroatoms. The highest BCUT2D eigenvalue weighted by molar-refractivity contribution is 5.73. The van der Waals surface area contributed by atoms with Gasteiger partial charge in [0, 0.05) is 13.0 Å². The minimum Gasteiger partial charge on any atom is -0.466 e. The molecule has 2 aliphatic heterocycles. The van der Waals surface area contributed by atoms with E-state index in [2.05, 4.69) is 0 Å². The highest BCUT2D eigenvalue weighted by Gasteiger charge is 2.32. The molecule has 0 radical (unpaired) electrons. The van der Waals surface area contributed by atoms with Crippen molar-refractivity contribution in [3.63, 3.8) is 0 Å². The zero-order chi connectivity index (χ0) is 24.1. The average molecular weight is 473 g/mol. The molecule has 2 saturated heterocycles. The Bertz CT molecular complexity index is 599. The third-order valence-corrected chi connectivity index (χ3v) is 5.61. The number of carbonyl (C=O) groups is 3. The van der Waals surface area contributed by atoms with Gasteiger partial charge in [0.25, 0.3) is 0 Å². The van der Waals surface area contributed by atoms with Gasteiger partial charge in [-0.2, -0.15) is 0 Å². The van der Waals surface area contributed by atoms with Gasteiger partial charge in [-0.25, -0.2) is 0 Å². The molecule has 0 saturated carbocycles. The maximum Gasteiger partial charge on any atom is 0.309 e. The Hall–Kier alpha value is -1.71. The molecule has 4 atom stereocenters. The summed E-state index contributed by atoms with van der Waals surface area (Å²) in [7, 11) is 0. The monoisotopic (exact) mass is 472 g/mol. The first kappa shape index (κ1) is 27.5. The third kappa shape index (κ3) is 12.9. The van der Waals surface area contributed by atoms with Crippen LogP contribution >= 0.6 is 0 Å². The van der Waals surface area contributed by atoms with E-state index < -0.39 is 0 Å². The van der Waals surface area contributed by atoms with Crippen molar-refractivity contribution in [3.8, 4) is 0 Å². The van der Waals surface area contributed by atoms with Gasteiger partial charge in [-0.15, -0.1) is 0 Å². The van der Waals surface area contributed by atoms with Gasteiger partial charge in [0.1, 0.15) is 0 Å². The highest BCUT2D eigenvalue weighted by atomic mass is 16.6. The predicted molar refractivity (Wildman–Crippen MR) is 118 cm³/mol. The van der Waals surface area contributed by atoms with Crippen molar-refractivity contribution in [1.82, 2.24) is 0 Å². The summed E-state index contributed by atoms with van der Waals surface area (Å²) in [5.41, 5.74) is 0. The van der Waals surface area contributed by atoms with Crippen LogP contribution in [0, 0.1) is 11.8 Å². The molecule has 0 aliphatic carbocycles. The van der Waals surface area contributed by atoms with Crippen LogP contribution in [-0.4, -0.2) is 74.4 Å². The van der Waals surface area contributed by atoms with E-state index in [-0.39, 0.29) is 74.3 Å². The maximum atomic E-state index is 12.2. The van der Waals surface area contributed by atoms with Crippen molar-refractivity contribution in [2.75, 3.05) is 33.0 Å². The van der Waals surface area contributed by atoms with E-state index in [4.69, 9.17) is 28.8 Å². The number of esters is 3. The lowest BCUT2D eigenvalue weighted by Gasteiger charge is -2.17. The molecule has 0 aromatic carbocycles. The van der Waals surface area contributed by atoms with E-state index in [1.165, 1.54) is 0 Å². The van der Waals surface area contributed by atoms with Crippen molar-refractivity contribution in [2.45, 2.75) is 89.9 Å². The van der Waals surface area contributed by atoms with Gasteiger partial charge in [0.05, 0.1) is 56.6 Å². The second-order valence-electron chi connectivity index (χ2n) is 9.11. The van der Waals surface area contributed by atoms with Crippen LogP contribution in [-0.2, 0) is 38.1 Å². The van der Waals surface area contributed by atoms with Crippen molar-refractivity contribution in [2.24, 2.45) is 11.8 Å². The van der Waals surface area contributed by atoms with Gasteiger partial charge < -0.3 is 28.8 Å². The van der Waals surface area contributed by atoms with Crippen LogP contribution in [0.2, 0.25) is 0 Å². The van der Waals surface area contributed by atoms with E-state index in [0.29, 0.717) is 64.6 Å². The zero-order valence-corrected chi connectivity index (χ0v) is 20.0. The summed E-state index contributed by atoms with van der Waals surface area (Å²) in [5, 5.41) is 8.99. The van der Waals surface area contributed by atoms with Gasteiger partial charge in [0.2, 0.25) is 0 Å². The standard InChI is InChI=1S/C24H40O9/c1-17(2)33-24(28)19(14-21-16-32-21)8-6-12-29-22(26)9-3-4-11-30-23(27)18(7-5-10-25)13-20-15-31-20/h17-21,25H,3-16H2,1-2H3. The fourth-order valence-corrected chi connectivity index (χ4v) is 3.62. The molecule has 2 rings (SSSR count). The Labute approximate surface area is 196 Å². The van der Waals surface area contributed by atoms with E-state index in [0.717, 1.165) is 0 Å². The van der Waals surface area contributed by atoms with Crippen LogP contribution in [0.3, 0.4) is 0 Å². The maximum absolute atomic E-state index is 12.2. The fourth-order valence-electron chi connectivity index (χ4n) is 3.62. The Morgan fingerprint density at radius 1 is 0.848 bits per heavy atom. The summed E-state index contributed by atoms with van der Waals surface area (Å²) < 4.78 is 26.3. The molecular formula is C24H40O9. The van der Waals surface area contributed by atoms with Crippen LogP contribution < -0.4 is 0 Å². The fraction of sp³-hybridized carbons (Fsp3) is 0.875. The molecule has 4 unspecified atom stereocenters. The Morgan fingerprint density at radius 3 is 2.00 bits per heavy atom. The second kappa shape index (κ2) is 15.2. The molecule has 9 nitrogen and oxygen atoms in total. The number of aliphatic hydroxyl groups excluding tert-OH is 1. The number of epoxide rings is 2. The lowest BCUT2D eigenvalue weighted by molar-refractivity contribution is -0.153. The van der Waals surface area contributed by atoms with Crippen LogP contribution in [0.5, 0.6) is 0 Å². The molecule has 0 aromatic rings. The van der Waals surface area contributed by atoms with Gasteiger partial charge in [-0.05, 0) is 65.2 Å². The number of aliphatic hydroxyl groups is 1. The van der Waals surface area contributed by atoms with Crippen molar-refractivity contribution in [1.29, 1.82) is 0 Å². The van der Waals surface area contributed by atoms with Crippen LogP contribution in [0.25, 0.3) is 0 Å². The number of hydrogen-bond acceptors (Lipinski definition) is 9. The van der Waals surface area contributed by atoms with Gasteiger partial charge in [0.15, 0.2) is 0 Å². The summed E-state index contributed by atoms with van der Waals surface area (Å²) in [6.45, 7) is 5.59. The number of hydrogen-bond donors (Lipinski definition) is 1. The first-order chi connectivity index (χ1) is 15.9. The second-order valence-corrected chi connectivity index (χ2v) is 9.11. The Kier molecular flexibility index (Phi) is 12.7. The summed E-state index contributed by atoms with van der Waals surface area (Å²) in [4.78, 5) is 36.4. The number of carbonyl (C=O) groups excluding carboxylic acids is 3. The number of unbranched alkanes of at least 4 members (excludes halogenated alkanes) is 1. The van der Waals surface area contributed by atoms with Crippen LogP contribution in [0.1, 0.15) is 71.6 Å². The predicted octanol–water partition coefficient (Wildman–Crippen LogP) is 2.56. The molecule has 33 heavy (non-hydrogen) atoms.